The summed E-state index contributed by atoms with van der Waals surface area (Å²) in [5.41, 5.74) is -1.88. The average molecular weight is 612 g/mol. The van der Waals surface area contributed by atoms with Crippen LogP contribution in [-0.4, -0.2) is 76.6 Å². The Bertz CT molecular complexity index is 1520. The first-order valence-corrected chi connectivity index (χ1v) is 14.0. The quantitative estimate of drug-likeness (QED) is 0.193. The number of alkyl halides is 6. The molecule has 3 aromatic rings. The van der Waals surface area contributed by atoms with Crippen LogP contribution in [0.2, 0.25) is 0 Å². The van der Waals surface area contributed by atoms with Gasteiger partial charge >= 0.3 is 12.4 Å². The van der Waals surface area contributed by atoms with Crippen molar-refractivity contribution in [3.8, 4) is 0 Å². The summed E-state index contributed by atoms with van der Waals surface area (Å²) in [6.07, 6.45) is -6.70. The molecule has 5 rings (SSSR count). The number of piperazine rings is 1. The third-order valence-corrected chi connectivity index (χ3v) is 8.08. The summed E-state index contributed by atoms with van der Waals surface area (Å²) < 4.78 is 86.6. The third kappa shape index (κ3) is 6.81. The minimum Gasteiger partial charge on any atom is -0.380 e. The summed E-state index contributed by atoms with van der Waals surface area (Å²) in [6.45, 7) is 7.01. The van der Waals surface area contributed by atoms with E-state index in [2.05, 4.69) is 19.9 Å². The Labute approximate surface area is 241 Å². The lowest BCUT2D eigenvalue weighted by atomic mass is 10.0. The number of amidine groups is 1. The van der Waals surface area contributed by atoms with Crippen molar-refractivity contribution in [1.29, 1.82) is 0 Å². The summed E-state index contributed by atoms with van der Waals surface area (Å²) in [4.78, 5) is 21.7. The van der Waals surface area contributed by atoms with Crippen LogP contribution in [0.25, 0.3) is 17.0 Å². The van der Waals surface area contributed by atoms with E-state index >= 15 is 0 Å². The Morgan fingerprint density at radius 3 is 2.45 bits per heavy atom. The number of thioether (sulfide) groups is 1. The number of hydrogen-bond donors (Lipinski definition) is 0. The van der Waals surface area contributed by atoms with Gasteiger partial charge in [-0.25, -0.2) is 0 Å². The van der Waals surface area contributed by atoms with Crippen molar-refractivity contribution in [2.45, 2.75) is 25.8 Å². The van der Waals surface area contributed by atoms with Gasteiger partial charge in [-0.05, 0) is 60.2 Å². The zero-order valence-electron chi connectivity index (χ0n) is 22.5. The number of ether oxygens (including phenoxy) is 1. The summed E-state index contributed by atoms with van der Waals surface area (Å²) in [5.74, 6) is -0.341. The molecule has 0 spiro atoms. The number of hydrogen-bond acceptors (Lipinski definition) is 6. The predicted octanol–water partition coefficient (Wildman–Crippen LogP) is 5.75. The van der Waals surface area contributed by atoms with Crippen molar-refractivity contribution in [2.24, 2.45) is 4.99 Å². The second-order valence-corrected chi connectivity index (χ2v) is 10.8. The first kappa shape index (κ1) is 30.1. The van der Waals surface area contributed by atoms with Crippen LogP contribution in [0.4, 0.5) is 26.3 Å². The van der Waals surface area contributed by atoms with Gasteiger partial charge in [-0.3, -0.25) is 14.4 Å². The third-order valence-electron chi connectivity index (χ3n) is 7.03. The molecule has 2 aliphatic rings. The van der Waals surface area contributed by atoms with Crippen LogP contribution in [0.1, 0.15) is 29.2 Å². The van der Waals surface area contributed by atoms with E-state index in [0.717, 1.165) is 38.8 Å². The highest BCUT2D eigenvalue weighted by molar-refractivity contribution is 8.18. The molecule has 0 aliphatic carbocycles. The monoisotopic (exact) mass is 611 g/mol. The van der Waals surface area contributed by atoms with Crippen LogP contribution in [-0.2, 0) is 28.4 Å². The van der Waals surface area contributed by atoms with Crippen LogP contribution >= 0.6 is 11.8 Å². The minimum absolute atomic E-state index is 0.125. The van der Waals surface area contributed by atoms with Crippen molar-refractivity contribution in [3.63, 3.8) is 0 Å². The second kappa shape index (κ2) is 12.1. The molecule has 224 valence electrons. The molecule has 0 bridgehead atoms. The van der Waals surface area contributed by atoms with Crippen LogP contribution < -0.4 is 0 Å². The summed E-state index contributed by atoms with van der Waals surface area (Å²) in [6, 6.07) is 6.69. The van der Waals surface area contributed by atoms with Gasteiger partial charge in [-0.2, -0.15) is 36.4 Å². The first-order valence-electron chi connectivity index (χ1n) is 13.2. The molecule has 1 aromatic heterocycles. The number of nitrogens with zero attached hydrogens (tertiary/aromatic N) is 5. The van der Waals surface area contributed by atoms with Crippen molar-refractivity contribution >= 4 is 39.8 Å². The Kier molecular flexibility index (Phi) is 8.67. The zero-order valence-corrected chi connectivity index (χ0v) is 23.3. The molecular weight excluding hydrogens is 584 g/mol. The summed E-state index contributed by atoms with van der Waals surface area (Å²) >= 11 is 1.30. The van der Waals surface area contributed by atoms with Crippen molar-refractivity contribution < 1.29 is 35.9 Å². The largest absolute Gasteiger partial charge is 0.416 e. The standard InChI is InChI=1S/C28H27F6N5O2S/c1-2-41-12-11-37-7-9-38(10-8-37)26-36-25(40)24(42-26)14-18-3-6-23-20(13-18)16-35-39(23)17-19-4-5-21(27(29,30)31)15-22(19)28(32,33)34/h3-6,13-16H,2,7-12,17H2,1H3/b24-14-. The number of amides is 1. The molecule has 1 fully saturated rings. The van der Waals surface area contributed by atoms with Crippen LogP contribution in [0.5, 0.6) is 0 Å². The number of aromatic nitrogens is 2. The number of benzene rings is 2. The molecule has 3 heterocycles. The number of carbonyl (C=O) groups excluding carboxylic acids is 1. The molecule has 2 aliphatic heterocycles. The van der Waals surface area contributed by atoms with Gasteiger partial charge in [0.05, 0.1) is 40.9 Å². The maximum atomic E-state index is 13.6. The molecule has 7 nitrogen and oxygen atoms in total. The molecule has 42 heavy (non-hydrogen) atoms. The van der Waals surface area contributed by atoms with Crippen LogP contribution in [0, 0.1) is 0 Å². The van der Waals surface area contributed by atoms with E-state index in [1.807, 2.05) is 6.92 Å². The van der Waals surface area contributed by atoms with Gasteiger partial charge in [0.15, 0.2) is 5.17 Å². The summed E-state index contributed by atoms with van der Waals surface area (Å²) in [7, 11) is 0. The highest BCUT2D eigenvalue weighted by Gasteiger charge is 2.38. The highest BCUT2D eigenvalue weighted by atomic mass is 32.2. The van der Waals surface area contributed by atoms with Crippen LogP contribution in [0.3, 0.4) is 0 Å². The Balaban J connectivity index is 1.28. The van der Waals surface area contributed by atoms with E-state index in [9.17, 15) is 31.1 Å². The summed E-state index contributed by atoms with van der Waals surface area (Å²) in [5, 5.41) is 5.42. The van der Waals surface area contributed by atoms with Crippen molar-refractivity contribution in [3.05, 3.63) is 69.8 Å². The number of aliphatic imine (C=N–C) groups is 1. The van der Waals surface area contributed by atoms with Gasteiger partial charge in [0.25, 0.3) is 5.91 Å². The Hall–Kier alpha value is -3.36. The minimum atomic E-state index is -4.97. The lowest BCUT2D eigenvalue weighted by molar-refractivity contribution is -0.143. The number of carbonyl (C=O) groups is 1. The fourth-order valence-electron chi connectivity index (χ4n) is 4.82. The maximum absolute atomic E-state index is 13.6. The molecule has 14 heteroatoms. The normalized spacial score (nSPS) is 18.0. The highest BCUT2D eigenvalue weighted by Crippen LogP contribution is 2.38. The Morgan fingerprint density at radius 1 is 1.00 bits per heavy atom. The van der Waals surface area contributed by atoms with E-state index < -0.39 is 23.5 Å². The fraction of sp³-hybridized carbons (Fsp3) is 0.393. The molecule has 0 saturated carbocycles. The van der Waals surface area contributed by atoms with E-state index in [0.29, 0.717) is 45.8 Å². The average Bonchev–Trinajstić information content (AvgIpc) is 3.50. The van der Waals surface area contributed by atoms with Crippen molar-refractivity contribution in [1.82, 2.24) is 19.6 Å². The molecule has 1 saturated heterocycles. The number of rotatable bonds is 7. The molecule has 0 radical (unpaired) electrons. The number of fused-ring (bicyclic) bond motifs is 1. The lowest BCUT2D eigenvalue weighted by Gasteiger charge is -2.35. The fourth-order valence-corrected chi connectivity index (χ4v) is 5.79. The first-order chi connectivity index (χ1) is 19.9. The molecular formula is C28H27F6N5O2S. The van der Waals surface area contributed by atoms with E-state index in [-0.39, 0.29) is 24.1 Å². The van der Waals surface area contributed by atoms with Gasteiger partial charge in [-0.1, -0.05) is 12.1 Å². The van der Waals surface area contributed by atoms with Crippen LogP contribution in [0.15, 0.2) is 52.5 Å². The maximum Gasteiger partial charge on any atom is 0.416 e. The molecule has 2 aromatic carbocycles. The SMILES string of the molecule is CCOCCN1CCN(C2=NC(=O)/C(=C/c3ccc4c(cnn4Cc4ccc(C(F)(F)F)cc4C(F)(F)F)c3)S2)CC1. The van der Waals surface area contributed by atoms with E-state index in [1.54, 1.807) is 24.3 Å². The van der Waals surface area contributed by atoms with Gasteiger partial charge < -0.3 is 9.64 Å². The van der Waals surface area contributed by atoms with Gasteiger partial charge in [0.2, 0.25) is 0 Å². The number of halogens is 6. The molecule has 0 N–H and O–H groups in total. The lowest BCUT2D eigenvalue weighted by Crippen LogP contribution is -2.48. The smallest absolute Gasteiger partial charge is 0.380 e. The van der Waals surface area contributed by atoms with E-state index in [4.69, 9.17) is 4.74 Å². The van der Waals surface area contributed by atoms with Gasteiger partial charge in [-0.15, -0.1) is 0 Å². The zero-order chi connectivity index (χ0) is 30.1. The van der Waals surface area contributed by atoms with Gasteiger partial charge in [0.1, 0.15) is 0 Å². The topological polar surface area (TPSA) is 63.0 Å². The van der Waals surface area contributed by atoms with Gasteiger partial charge in [0, 0.05) is 44.7 Å². The van der Waals surface area contributed by atoms with Crippen molar-refractivity contribution in [2.75, 3.05) is 45.9 Å². The molecule has 0 atom stereocenters. The van der Waals surface area contributed by atoms with E-state index in [1.165, 1.54) is 22.6 Å². The molecule has 0 unspecified atom stereocenters. The second-order valence-electron chi connectivity index (χ2n) is 9.82. The predicted molar refractivity (Wildman–Crippen MR) is 148 cm³/mol. The Morgan fingerprint density at radius 2 is 1.76 bits per heavy atom. The molecule has 1 amide bonds.